The van der Waals surface area contributed by atoms with Crippen LogP contribution in [0.1, 0.15) is 27.6 Å². The van der Waals surface area contributed by atoms with Crippen LogP contribution in [0.2, 0.25) is 0 Å². The van der Waals surface area contributed by atoms with Crippen LogP contribution < -0.4 is 9.64 Å². The predicted molar refractivity (Wildman–Crippen MR) is 102 cm³/mol. The van der Waals surface area contributed by atoms with E-state index in [4.69, 9.17) is 9.47 Å². The van der Waals surface area contributed by atoms with E-state index in [0.717, 1.165) is 4.90 Å². The molecule has 0 saturated heterocycles. The Hall–Kier alpha value is -3.68. The van der Waals surface area contributed by atoms with Gasteiger partial charge in [-0.1, -0.05) is 24.3 Å². The van der Waals surface area contributed by atoms with Gasteiger partial charge in [0.15, 0.2) is 0 Å². The second-order valence-corrected chi connectivity index (χ2v) is 6.68. The Balaban J connectivity index is 1.38. The van der Waals surface area contributed by atoms with Crippen molar-refractivity contribution in [2.75, 3.05) is 24.6 Å². The molecular weight excluding hydrogens is 376 g/mol. The Kier molecular flexibility index (Phi) is 4.75. The van der Waals surface area contributed by atoms with Crippen molar-refractivity contribution in [3.05, 3.63) is 59.7 Å². The summed E-state index contributed by atoms with van der Waals surface area (Å²) < 4.78 is 10.9. The molecule has 2 aromatic rings. The van der Waals surface area contributed by atoms with Crippen LogP contribution in [0.15, 0.2) is 48.5 Å². The number of nitrogens with zero attached hydrogens (tertiary/aromatic N) is 2. The number of para-hydroxylation sites is 2. The number of rotatable bonds is 4. The van der Waals surface area contributed by atoms with E-state index < -0.39 is 23.9 Å². The SMILES string of the molecule is CC(=O)N1C[C@H](C(=O)OCCN2C(=O)c3ccccc3C2=O)Oc2ccccc21. The van der Waals surface area contributed by atoms with Crippen LogP contribution in [0.4, 0.5) is 5.69 Å². The van der Waals surface area contributed by atoms with E-state index in [0.29, 0.717) is 22.6 Å². The van der Waals surface area contributed by atoms with Crippen molar-refractivity contribution in [1.29, 1.82) is 0 Å². The van der Waals surface area contributed by atoms with E-state index in [-0.39, 0.29) is 25.6 Å². The van der Waals surface area contributed by atoms with Crippen molar-refractivity contribution >= 4 is 29.4 Å². The van der Waals surface area contributed by atoms with Gasteiger partial charge in [0.05, 0.1) is 29.9 Å². The summed E-state index contributed by atoms with van der Waals surface area (Å²) in [6.45, 7) is 1.22. The zero-order valence-corrected chi connectivity index (χ0v) is 15.7. The molecule has 0 unspecified atom stereocenters. The largest absolute Gasteiger partial charge is 0.475 e. The Bertz CT molecular complexity index is 983. The molecule has 29 heavy (non-hydrogen) atoms. The molecule has 2 aliphatic rings. The molecule has 0 bridgehead atoms. The smallest absolute Gasteiger partial charge is 0.349 e. The van der Waals surface area contributed by atoms with Gasteiger partial charge < -0.3 is 14.4 Å². The molecule has 2 aromatic carbocycles. The number of esters is 1. The summed E-state index contributed by atoms with van der Waals surface area (Å²) in [7, 11) is 0. The van der Waals surface area contributed by atoms with Crippen molar-refractivity contribution in [3.63, 3.8) is 0 Å². The molecule has 2 heterocycles. The van der Waals surface area contributed by atoms with Crippen LogP contribution in [0, 0.1) is 0 Å². The molecule has 0 N–H and O–H groups in total. The minimum atomic E-state index is -0.990. The van der Waals surface area contributed by atoms with Crippen molar-refractivity contribution < 1.29 is 28.7 Å². The van der Waals surface area contributed by atoms with Gasteiger partial charge in [-0.2, -0.15) is 0 Å². The second kappa shape index (κ2) is 7.38. The molecule has 0 fully saturated rings. The Labute approximate surface area is 166 Å². The molecule has 0 radical (unpaired) electrons. The highest BCUT2D eigenvalue weighted by molar-refractivity contribution is 6.21. The van der Waals surface area contributed by atoms with E-state index in [2.05, 4.69) is 0 Å². The highest BCUT2D eigenvalue weighted by atomic mass is 16.6. The zero-order valence-electron chi connectivity index (χ0n) is 15.7. The number of hydrogen-bond acceptors (Lipinski definition) is 6. The van der Waals surface area contributed by atoms with Gasteiger partial charge in [-0.05, 0) is 24.3 Å². The quantitative estimate of drug-likeness (QED) is 0.578. The Morgan fingerprint density at radius 1 is 1.03 bits per heavy atom. The third-order valence-corrected chi connectivity index (χ3v) is 4.85. The molecule has 0 spiro atoms. The highest BCUT2D eigenvalue weighted by Crippen LogP contribution is 2.33. The first-order valence-electron chi connectivity index (χ1n) is 9.13. The molecule has 0 aliphatic carbocycles. The third kappa shape index (κ3) is 3.33. The number of hydrogen-bond donors (Lipinski definition) is 0. The molecule has 2 aliphatic heterocycles. The summed E-state index contributed by atoms with van der Waals surface area (Å²) in [6.07, 6.45) is -0.990. The predicted octanol–water partition coefficient (Wildman–Crippen LogP) is 1.64. The summed E-state index contributed by atoms with van der Waals surface area (Å²) in [5.74, 6) is -1.29. The van der Waals surface area contributed by atoms with Crippen molar-refractivity contribution in [2.24, 2.45) is 0 Å². The number of carbonyl (C=O) groups excluding carboxylic acids is 4. The summed E-state index contributed by atoms with van der Waals surface area (Å²) >= 11 is 0. The molecule has 8 nitrogen and oxygen atoms in total. The first-order chi connectivity index (χ1) is 14.0. The highest BCUT2D eigenvalue weighted by Gasteiger charge is 2.36. The Morgan fingerprint density at radius 2 is 1.66 bits per heavy atom. The van der Waals surface area contributed by atoms with E-state index in [1.807, 2.05) is 0 Å². The lowest BCUT2D eigenvalue weighted by atomic mass is 10.1. The summed E-state index contributed by atoms with van der Waals surface area (Å²) in [6, 6.07) is 13.5. The molecule has 3 amide bonds. The van der Waals surface area contributed by atoms with Crippen LogP contribution >= 0.6 is 0 Å². The average Bonchev–Trinajstić information content (AvgIpc) is 2.97. The van der Waals surface area contributed by atoms with Crippen LogP contribution in [-0.4, -0.2) is 54.4 Å². The molecule has 1 atom stereocenters. The first-order valence-corrected chi connectivity index (χ1v) is 9.13. The van der Waals surface area contributed by atoms with E-state index in [1.54, 1.807) is 48.5 Å². The van der Waals surface area contributed by atoms with Gasteiger partial charge in [-0.25, -0.2) is 4.79 Å². The number of carbonyl (C=O) groups is 4. The molecular formula is C21H18N2O6. The molecule has 4 rings (SSSR count). The van der Waals surface area contributed by atoms with Gasteiger partial charge in [0.25, 0.3) is 11.8 Å². The lowest BCUT2D eigenvalue weighted by Gasteiger charge is -2.33. The minimum absolute atomic E-state index is 0.0260. The summed E-state index contributed by atoms with van der Waals surface area (Å²) in [5.41, 5.74) is 1.27. The fourth-order valence-corrected chi connectivity index (χ4v) is 3.43. The van der Waals surface area contributed by atoms with Gasteiger partial charge >= 0.3 is 5.97 Å². The zero-order chi connectivity index (χ0) is 20.5. The van der Waals surface area contributed by atoms with E-state index >= 15 is 0 Å². The standard InChI is InChI=1S/C21H18N2O6/c1-13(24)23-12-18(29-17-9-5-4-8-16(17)23)21(27)28-11-10-22-19(25)14-6-2-3-7-15(14)20(22)26/h2-9,18H,10-12H2,1H3/t18-/m1/s1. The van der Waals surface area contributed by atoms with Crippen LogP contribution in [0.5, 0.6) is 5.75 Å². The van der Waals surface area contributed by atoms with Gasteiger partial charge in [0.2, 0.25) is 12.0 Å². The molecule has 0 aromatic heterocycles. The van der Waals surface area contributed by atoms with Gasteiger partial charge in [-0.3, -0.25) is 19.3 Å². The number of ether oxygens (including phenoxy) is 2. The monoisotopic (exact) mass is 394 g/mol. The number of amides is 3. The van der Waals surface area contributed by atoms with E-state index in [9.17, 15) is 19.2 Å². The van der Waals surface area contributed by atoms with Crippen molar-refractivity contribution in [2.45, 2.75) is 13.0 Å². The average molecular weight is 394 g/mol. The topological polar surface area (TPSA) is 93.2 Å². The number of benzene rings is 2. The molecule has 8 heteroatoms. The maximum atomic E-state index is 12.5. The van der Waals surface area contributed by atoms with E-state index in [1.165, 1.54) is 11.8 Å². The number of anilines is 1. The summed E-state index contributed by atoms with van der Waals surface area (Å²) in [5, 5.41) is 0. The van der Waals surface area contributed by atoms with Crippen LogP contribution in [0.3, 0.4) is 0 Å². The normalized spacial score (nSPS) is 17.5. The third-order valence-electron chi connectivity index (χ3n) is 4.85. The van der Waals surface area contributed by atoms with Crippen LogP contribution in [0.25, 0.3) is 0 Å². The Morgan fingerprint density at radius 3 is 2.31 bits per heavy atom. The lowest BCUT2D eigenvalue weighted by molar-refractivity contribution is -0.152. The van der Waals surface area contributed by atoms with Crippen molar-refractivity contribution in [1.82, 2.24) is 4.90 Å². The fraction of sp³-hybridized carbons (Fsp3) is 0.238. The van der Waals surface area contributed by atoms with Crippen LogP contribution in [-0.2, 0) is 14.3 Å². The first kappa shape index (κ1) is 18.7. The lowest BCUT2D eigenvalue weighted by Crippen LogP contribution is -2.47. The summed E-state index contributed by atoms with van der Waals surface area (Å²) in [4.78, 5) is 51.6. The molecule has 148 valence electrons. The number of imide groups is 1. The fourth-order valence-electron chi connectivity index (χ4n) is 3.43. The minimum Gasteiger partial charge on any atom is -0.475 e. The maximum absolute atomic E-state index is 12.5. The molecule has 0 saturated carbocycles. The number of fused-ring (bicyclic) bond motifs is 2. The second-order valence-electron chi connectivity index (χ2n) is 6.68. The van der Waals surface area contributed by atoms with Crippen molar-refractivity contribution in [3.8, 4) is 5.75 Å². The van der Waals surface area contributed by atoms with Gasteiger partial charge in [-0.15, -0.1) is 0 Å². The van der Waals surface area contributed by atoms with Gasteiger partial charge in [0.1, 0.15) is 12.4 Å². The maximum Gasteiger partial charge on any atom is 0.349 e. The van der Waals surface area contributed by atoms with Gasteiger partial charge in [0, 0.05) is 6.92 Å².